The monoisotopic (exact) mass is 534 g/mol. The van der Waals surface area contributed by atoms with E-state index in [-0.39, 0.29) is 24.3 Å². The standard InChI is InChI=1S/C28H40F2N4O4/c1-5-10-32-11-13-33(14-12-32)19-8-6-18(7-9-19)26(36)31-21(15-28(2,3)4)27(37)34-16-20(25(29)30)24-23(34)22(35)17-38-24/h6-9,20-21,23-25H,5,10-17H2,1-4H3,(H,31,36)/t20-,21-,23+,24+/m0/s1. The summed E-state index contributed by atoms with van der Waals surface area (Å²) in [6.07, 6.45) is -2.29. The van der Waals surface area contributed by atoms with Crippen LogP contribution in [0.15, 0.2) is 24.3 Å². The zero-order chi connectivity index (χ0) is 27.6. The minimum absolute atomic E-state index is 0.270. The number of anilines is 1. The molecule has 3 heterocycles. The smallest absolute Gasteiger partial charge is 0.251 e. The van der Waals surface area contributed by atoms with E-state index >= 15 is 0 Å². The van der Waals surface area contributed by atoms with E-state index in [0.717, 1.165) is 44.8 Å². The first-order chi connectivity index (χ1) is 18.0. The molecule has 3 aliphatic heterocycles. The summed E-state index contributed by atoms with van der Waals surface area (Å²) in [4.78, 5) is 45.2. The molecule has 3 fully saturated rings. The third kappa shape index (κ3) is 6.34. The van der Waals surface area contributed by atoms with Crippen LogP contribution in [-0.4, -0.2) is 97.9 Å². The topological polar surface area (TPSA) is 82.2 Å². The van der Waals surface area contributed by atoms with Crippen LogP contribution in [0.2, 0.25) is 0 Å². The number of nitrogens with zero attached hydrogens (tertiary/aromatic N) is 3. The summed E-state index contributed by atoms with van der Waals surface area (Å²) in [6, 6.07) is 5.33. The molecule has 1 aromatic rings. The third-order valence-electron chi connectivity index (χ3n) is 7.66. The van der Waals surface area contributed by atoms with Gasteiger partial charge in [0.15, 0.2) is 5.78 Å². The number of fused-ring (bicyclic) bond motifs is 1. The fourth-order valence-electron chi connectivity index (χ4n) is 5.77. The van der Waals surface area contributed by atoms with Crippen molar-refractivity contribution in [1.82, 2.24) is 15.1 Å². The van der Waals surface area contributed by atoms with E-state index in [9.17, 15) is 23.2 Å². The maximum Gasteiger partial charge on any atom is 0.251 e. The summed E-state index contributed by atoms with van der Waals surface area (Å²) in [7, 11) is 0. The molecule has 0 aliphatic carbocycles. The van der Waals surface area contributed by atoms with Crippen LogP contribution in [0.25, 0.3) is 0 Å². The average Bonchev–Trinajstić information content (AvgIpc) is 3.44. The second-order valence-corrected chi connectivity index (χ2v) is 11.8. The fourth-order valence-corrected chi connectivity index (χ4v) is 5.77. The Labute approximate surface area is 223 Å². The Morgan fingerprint density at radius 3 is 2.34 bits per heavy atom. The van der Waals surface area contributed by atoms with Gasteiger partial charge in [-0.15, -0.1) is 0 Å². The SMILES string of the molecule is CCCN1CCN(c2ccc(C(=O)N[C@@H](CC(C)(C)C)C(=O)N3C[C@H](C(F)F)[C@H]4OCC(=O)[C@H]43)cc2)CC1. The Morgan fingerprint density at radius 1 is 1.11 bits per heavy atom. The van der Waals surface area contributed by atoms with Crippen molar-refractivity contribution in [3.8, 4) is 0 Å². The zero-order valence-corrected chi connectivity index (χ0v) is 22.8. The minimum atomic E-state index is -2.71. The zero-order valence-electron chi connectivity index (χ0n) is 22.8. The van der Waals surface area contributed by atoms with Crippen molar-refractivity contribution in [2.75, 3.05) is 50.8 Å². The van der Waals surface area contributed by atoms with Gasteiger partial charge in [-0.25, -0.2) is 8.78 Å². The van der Waals surface area contributed by atoms with Gasteiger partial charge in [-0.05, 0) is 49.1 Å². The maximum absolute atomic E-state index is 13.7. The lowest BCUT2D eigenvalue weighted by molar-refractivity contribution is -0.138. The summed E-state index contributed by atoms with van der Waals surface area (Å²) < 4.78 is 32.7. The van der Waals surface area contributed by atoms with Gasteiger partial charge in [0.25, 0.3) is 5.91 Å². The molecule has 4 rings (SSSR count). The van der Waals surface area contributed by atoms with Crippen molar-refractivity contribution in [1.29, 1.82) is 0 Å². The molecule has 3 saturated heterocycles. The quantitative estimate of drug-likeness (QED) is 0.553. The molecule has 210 valence electrons. The molecule has 3 aliphatic rings. The van der Waals surface area contributed by atoms with Gasteiger partial charge in [-0.3, -0.25) is 19.3 Å². The highest BCUT2D eigenvalue weighted by molar-refractivity contribution is 5.99. The molecule has 8 nitrogen and oxygen atoms in total. The van der Waals surface area contributed by atoms with Gasteiger partial charge in [0.1, 0.15) is 18.7 Å². The van der Waals surface area contributed by atoms with Crippen LogP contribution >= 0.6 is 0 Å². The van der Waals surface area contributed by atoms with Gasteiger partial charge >= 0.3 is 0 Å². The van der Waals surface area contributed by atoms with Crippen LogP contribution in [0.3, 0.4) is 0 Å². The predicted octanol–water partition coefficient (Wildman–Crippen LogP) is 2.81. The van der Waals surface area contributed by atoms with E-state index in [2.05, 4.69) is 22.0 Å². The van der Waals surface area contributed by atoms with E-state index in [1.165, 1.54) is 4.90 Å². The van der Waals surface area contributed by atoms with Crippen molar-refractivity contribution in [2.45, 2.75) is 65.1 Å². The summed E-state index contributed by atoms with van der Waals surface area (Å²) in [5.74, 6) is -2.54. The number of hydrogen-bond acceptors (Lipinski definition) is 6. The van der Waals surface area contributed by atoms with Gasteiger partial charge < -0.3 is 19.9 Å². The first kappa shape index (κ1) is 28.4. The van der Waals surface area contributed by atoms with Gasteiger partial charge in [0, 0.05) is 44.0 Å². The number of rotatable bonds is 8. The summed E-state index contributed by atoms with van der Waals surface area (Å²) in [6.45, 7) is 12.4. The van der Waals surface area contributed by atoms with Crippen LogP contribution in [-0.2, 0) is 14.3 Å². The highest BCUT2D eigenvalue weighted by Gasteiger charge is 2.55. The highest BCUT2D eigenvalue weighted by Crippen LogP contribution is 2.36. The highest BCUT2D eigenvalue weighted by atomic mass is 19.3. The normalized spacial score (nSPS) is 25.1. The summed E-state index contributed by atoms with van der Waals surface area (Å²) >= 11 is 0. The van der Waals surface area contributed by atoms with Gasteiger partial charge in [0.2, 0.25) is 12.3 Å². The van der Waals surface area contributed by atoms with Crippen molar-refractivity contribution in [2.24, 2.45) is 11.3 Å². The number of carbonyl (C=O) groups excluding carboxylic acids is 3. The van der Waals surface area contributed by atoms with Crippen molar-refractivity contribution in [3.63, 3.8) is 0 Å². The molecule has 4 atom stereocenters. The molecule has 0 spiro atoms. The van der Waals surface area contributed by atoms with E-state index < -0.39 is 42.3 Å². The maximum atomic E-state index is 13.7. The Bertz CT molecular complexity index is 1010. The molecular formula is C28H40F2N4O4. The number of nitrogens with one attached hydrogen (secondary N) is 1. The number of halogens is 2. The fraction of sp³-hybridized carbons (Fsp3) is 0.679. The molecule has 38 heavy (non-hydrogen) atoms. The number of piperazine rings is 1. The summed E-state index contributed by atoms with van der Waals surface area (Å²) in [5.41, 5.74) is 1.12. The minimum Gasteiger partial charge on any atom is -0.369 e. The summed E-state index contributed by atoms with van der Waals surface area (Å²) in [5, 5.41) is 2.83. The number of amides is 2. The van der Waals surface area contributed by atoms with Gasteiger partial charge in [0.05, 0.1) is 12.0 Å². The van der Waals surface area contributed by atoms with Crippen molar-refractivity contribution >= 4 is 23.3 Å². The Kier molecular flexibility index (Phi) is 8.72. The lowest BCUT2D eigenvalue weighted by Crippen LogP contribution is -2.53. The third-order valence-corrected chi connectivity index (χ3v) is 7.66. The van der Waals surface area contributed by atoms with E-state index in [1.54, 1.807) is 12.1 Å². The number of Topliss-reactive ketones (excluding diaryl/α,β-unsaturated/α-hetero) is 1. The molecule has 0 unspecified atom stereocenters. The average molecular weight is 535 g/mol. The number of carbonyl (C=O) groups is 3. The van der Waals surface area contributed by atoms with Crippen LogP contribution in [0.4, 0.5) is 14.5 Å². The second kappa shape index (κ2) is 11.7. The van der Waals surface area contributed by atoms with Crippen LogP contribution < -0.4 is 10.2 Å². The van der Waals surface area contributed by atoms with E-state index in [0.29, 0.717) is 12.0 Å². The molecule has 0 bridgehead atoms. The molecule has 10 heteroatoms. The first-order valence-corrected chi connectivity index (χ1v) is 13.6. The Morgan fingerprint density at radius 2 is 1.76 bits per heavy atom. The number of alkyl halides is 2. The predicted molar refractivity (Wildman–Crippen MR) is 140 cm³/mol. The molecular weight excluding hydrogens is 494 g/mol. The molecule has 0 radical (unpaired) electrons. The second-order valence-electron chi connectivity index (χ2n) is 11.8. The van der Waals surface area contributed by atoms with Gasteiger partial charge in [-0.1, -0.05) is 27.7 Å². The largest absolute Gasteiger partial charge is 0.369 e. The lowest BCUT2D eigenvalue weighted by atomic mass is 9.87. The Hall–Kier alpha value is -2.59. The number of ketones is 1. The molecule has 0 saturated carbocycles. The van der Waals surface area contributed by atoms with Crippen LogP contribution in [0.1, 0.15) is 50.9 Å². The Balaban J connectivity index is 1.45. The van der Waals surface area contributed by atoms with E-state index in [4.69, 9.17) is 4.74 Å². The first-order valence-electron chi connectivity index (χ1n) is 13.6. The van der Waals surface area contributed by atoms with Crippen molar-refractivity contribution < 1.29 is 27.9 Å². The van der Waals surface area contributed by atoms with Crippen molar-refractivity contribution in [3.05, 3.63) is 29.8 Å². The molecule has 1 N–H and O–H groups in total. The molecule has 1 aromatic carbocycles. The number of ether oxygens (including phenoxy) is 1. The van der Waals surface area contributed by atoms with E-state index in [1.807, 2.05) is 32.9 Å². The lowest BCUT2D eigenvalue weighted by Gasteiger charge is -2.36. The molecule has 0 aromatic heterocycles. The van der Waals surface area contributed by atoms with Crippen LogP contribution in [0, 0.1) is 11.3 Å². The molecule has 2 amide bonds. The number of likely N-dealkylation sites (tertiary alicyclic amines) is 1. The van der Waals surface area contributed by atoms with Crippen LogP contribution in [0.5, 0.6) is 0 Å². The van der Waals surface area contributed by atoms with Gasteiger partial charge in [-0.2, -0.15) is 0 Å². The number of benzene rings is 1. The number of hydrogen-bond donors (Lipinski definition) is 1.